The molecule has 8 aromatic rings. The molecule has 0 atom stereocenters. The molecule has 2 amide bonds. The van der Waals surface area contributed by atoms with E-state index in [0.717, 1.165) is 22.3 Å². The molecular formula is C45H41ClN16O3. The predicted molar refractivity (Wildman–Crippen MR) is 250 cm³/mol. The number of methoxy groups -OCH3 is 1. The number of aromatic nitrogens is 8. The van der Waals surface area contributed by atoms with Crippen LogP contribution in [0.5, 0.6) is 5.88 Å². The molecule has 8 rings (SSSR count). The van der Waals surface area contributed by atoms with Crippen molar-refractivity contribution in [3.05, 3.63) is 173 Å². The number of ether oxygens (including phenoxy) is 1. The van der Waals surface area contributed by atoms with Crippen molar-refractivity contribution < 1.29 is 14.3 Å². The van der Waals surface area contributed by atoms with Gasteiger partial charge in [-0.3, -0.25) is 19.6 Å². The number of pyridine rings is 4. The first kappa shape index (κ1) is 44.1. The topological polar surface area (TPSA) is 282 Å². The molecule has 6 aromatic heterocycles. The molecule has 20 heteroatoms. The number of nitrogens with zero attached hydrogens (tertiary/aromatic N) is 10. The number of hydrogen-bond donors (Lipinski definition) is 6. The normalized spacial score (nSPS) is 11.8. The molecule has 6 heterocycles. The van der Waals surface area contributed by atoms with Crippen LogP contribution in [0.15, 0.2) is 156 Å². The largest absolute Gasteiger partial charge is 0.480 e. The first-order chi connectivity index (χ1) is 31.6. The highest BCUT2D eigenvalue weighted by Gasteiger charge is 2.18. The fraction of sp³-hybridized carbons (Fsp3) is 0.0667. The fourth-order valence-corrected chi connectivity index (χ4v) is 6.34. The lowest BCUT2D eigenvalue weighted by atomic mass is 10.1. The summed E-state index contributed by atoms with van der Waals surface area (Å²) in [5.41, 5.74) is 29.9. The molecule has 0 unspecified atom stereocenters. The number of nitrogens with one attached hydrogen (secondary N) is 2. The Morgan fingerprint density at radius 3 is 1.60 bits per heavy atom. The number of fused-ring (bicyclic) bond motifs is 2. The Labute approximate surface area is 376 Å². The number of rotatable bonds is 13. The van der Waals surface area contributed by atoms with Crippen LogP contribution in [0.1, 0.15) is 31.8 Å². The summed E-state index contributed by atoms with van der Waals surface area (Å²) in [6.07, 6.45) is 12.2. The lowest BCUT2D eigenvalue weighted by Crippen LogP contribution is -2.25. The summed E-state index contributed by atoms with van der Waals surface area (Å²) in [7, 11) is 1.45. The van der Waals surface area contributed by atoms with Gasteiger partial charge in [0.1, 0.15) is 10.7 Å². The van der Waals surface area contributed by atoms with Gasteiger partial charge in [-0.05, 0) is 58.7 Å². The maximum atomic E-state index is 13.0. The van der Waals surface area contributed by atoms with E-state index in [4.69, 9.17) is 39.3 Å². The summed E-state index contributed by atoms with van der Waals surface area (Å²) in [4.78, 5) is 51.2. The highest BCUT2D eigenvalue weighted by molar-refractivity contribution is 6.32. The van der Waals surface area contributed by atoms with Crippen LogP contribution < -0.4 is 38.3 Å². The molecule has 0 aliphatic rings. The number of carbonyl (C=O) groups is 2. The Hall–Kier alpha value is -8.97. The zero-order chi connectivity index (χ0) is 45.7. The van der Waals surface area contributed by atoms with Crippen LogP contribution in [-0.2, 0) is 13.1 Å². The van der Waals surface area contributed by atoms with Crippen LogP contribution in [0.25, 0.3) is 33.5 Å². The smallest absolute Gasteiger partial charge is 0.261 e. The molecule has 0 radical (unpaired) electrons. The van der Waals surface area contributed by atoms with Crippen molar-refractivity contribution in [2.75, 3.05) is 18.6 Å². The first-order valence-corrected chi connectivity index (χ1v) is 20.0. The summed E-state index contributed by atoms with van der Waals surface area (Å²) in [6, 6.07) is 30.0. The van der Waals surface area contributed by atoms with Crippen LogP contribution in [0.2, 0.25) is 5.15 Å². The minimum atomic E-state index is -0.458. The fourth-order valence-electron chi connectivity index (χ4n) is 6.15. The van der Waals surface area contributed by atoms with E-state index >= 15 is 0 Å². The van der Waals surface area contributed by atoms with Crippen LogP contribution in [0.4, 0.5) is 11.9 Å². The molecule has 0 bridgehead atoms. The SMILES string of the molecule is COc1ncc(-c2ccn3nc(N)nc3c2)cc1C(=O)NC(C=NCc1ccccc1)=CN.NC=C(C=NCc1ccccc1)NC(=O)c1cc(-c2ccn3nc(N)nc3c2)cnc1Cl. The minimum absolute atomic E-state index is 0.0663. The van der Waals surface area contributed by atoms with Crippen molar-refractivity contribution in [1.29, 1.82) is 0 Å². The third kappa shape index (κ3) is 11.3. The van der Waals surface area contributed by atoms with Gasteiger partial charge in [-0.15, -0.1) is 10.2 Å². The van der Waals surface area contributed by atoms with Gasteiger partial charge in [0.25, 0.3) is 11.8 Å². The van der Waals surface area contributed by atoms with Gasteiger partial charge in [0.05, 0.1) is 37.2 Å². The Morgan fingerprint density at radius 2 is 1.12 bits per heavy atom. The number of amides is 2. The summed E-state index contributed by atoms with van der Waals surface area (Å²) < 4.78 is 8.41. The quantitative estimate of drug-likeness (QED) is 0.0657. The van der Waals surface area contributed by atoms with Crippen LogP contribution in [-0.4, -0.2) is 70.5 Å². The molecule has 65 heavy (non-hydrogen) atoms. The lowest BCUT2D eigenvalue weighted by molar-refractivity contribution is 0.0957. The van der Waals surface area contributed by atoms with Crippen LogP contribution >= 0.6 is 11.6 Å². The number of benzene rings is 2. The van der Waals surface area contributed by atoms with E-state index in [1.165, 1.54) is 31.9 Å². The van der Waals surface area contributed by atoms with Crippen molar-refractivity contribution in [2.24, 2.45) is 21.5 Å². The zero-order valence-corrected chi connectivity index (χ0v) is 35.4. The molecule has 19 nitrogen and oxygen atoms in total. The van der Waals surface area contributed by atoms with Crippen molar-refractivity contribution in [2.45, 2.75) is 13.1 Å². The third-order valence-corrected chi connectivity index (χ3v) is 9.62. The molecule has 326 valence electrons. The van der Waals surface area contributed by atoms with Gasteiger partial charge >= 0.3 is 0 Å². The van der Waals surface area contributed by atoms with E-state index < -0.39 is 11.8 Å². The number of allylic oxidation sites excluding steroid dienone is 2. The van der Waals surface area contributed by atoms with E-state index in [9.17, 15) is 9.59 Å². The predicted octanol–water partition coefficient (Wildman–Crippen LogP) is 5.01. The zero-order valence-electron chi connectivity index (χ0n) is 34.7. The molecule has 0 saturated carbocycles. The van der Waals surface area contributed by atoms with Gasteiger partial charge in [0.15, 0.2) is 11.3 Å². The standard InChI is InChI=1S/C23H22N8O2.C22H19ClN8O/c1-33-22-19(21(32)28-18(11-24)14-26-12-15-5-3-2-4-6-15)9-17(13-27-22)16-7-8-31-20(10-16)29-23(25)30-31;23-20-18(21(32)28-17(10-24)13-26-11-14-4-2-1-3-5-14)8-16(12-27-20)15-6-7-31-19(9-15)29-22(25)30-31/h2-11,13-14H,12,24H2,1H3,(H2,25,30)(H,28,32);1-10,12-13H,11,24H2,(H2,25,30)(H,28,32). The minimum Gasteiger partial charge on any atom is -0.480 e. The number of nitrogens with two attached hydrogens (primary N) is 4. The van der Waals surface area contributed by atoms with E-state index in [-0.39, 0.29) is 34.1 Å². The lowest BCUT2D eigenvalue weighted by Gasteiger charge is -2.11. The maximum absolute atomic E-state index is 13.0. The number of halogens is 1. The molecular weight excluding hydrogens is 848 g/mol. The summed E-state index contributed by atoms with van der Waals surface area (Å²) in [5.74, 6) is -0.361. The first-order valence-electron chi connectivity index (χ1n) is 19.6. The van der Waals surface area contributed by atoms with Crippen molar-refractivity contribution in [3.63, 3.8) is 0 Å². The van der Waals surface area contributed by atoms with E-state index in [2.05, 4.69) is 50.8 Å². The van der Waals surface area contributed by atoms with Gasteiger partial charge < -0.3 is 38.3 Å². The van der Waals surface area contributed by atoms with E-state index in [1.54, 1.807) is 58.1 Å². The number of hydrogen-bond acceptors (Lipinski definition) is 15. The number of carbonyl (C=O) groups excluding carboxylic acids is 2. The second-order valence-electron chi connectivity index (χ2n) is 13.8. The Morgan fingerprint density at radius 1 is 0.662 bits per heavy atom. The van der Waals surface area contributed by atoms with Crippen molar-refractivity contribution in [1.82, 2.24) is 49.8 Å². The molecule has 0 aliphatic carbocycles. The summed E-state index contributed by atoms with van der Waals surface area (Å²) in [6.45, 7) is 0.922. The molecule has 0 spiro atoms. The van der Waals surface area contributed by atoms with Gasteiger partial charge in [-0.25, -0.2) is 19.0 Å². The Bertz CT molecular complexity index is 3090. The Balaban J connectivity index is 0.000000194. The second-order valence-corrected chi connectivity index (χ2v) is 14.1. The highest BCUT2D eigenvalue weighted by atomic mass is 35.5. The van der Waals surface area contributed by atoms with Gasteiger partial charge in [-0.2, -0.15) is 9.97 Å². The monoisotopic (exact) mass is 888 g/mol. The molecule has 10 N–H and O–H groups in total. The molecule has 0 saturated heterocycles. The Kier molecular flexibility index (Phi) is 14.1. The van der Waals surface area contributed by atoms with E-state index in [1.807, 2.05) is 72.8 Å². The summed E-state index contributed by atoms with van der Waals surface area (Å²) in [5, 5.41) is 13.6. The highest BCUT2D eigenvalue weighted by Crippen LogP contribution is 2.26. The van der Waals surface area contributed by atoms with Gasteiger partial charge in [0, 0.05) is 60.7 Å². The average molecular weight is 889 g/mol. The molecule has 0 aliphatic heterocycles. The van der Waals surface area contributed by atoms with Crippen molar-refractivity contribution >= 4 is 59.0 Å². The second kappa shape index (κ2) is 20.7. The van der Waals surface area contributed by atoms with Crippen molar-refractivity contribution in [3.8, 4) is 28.1 Å². The number of anilines is 2. The summed E-state index contributed by atoms with van der Waals surface area (Å²) >= 11 is 6.19. The van der Waals surface area contributed by atoms with Gasteiger partial charge in [-0.1, -0.05) is 72.3 Å². The number of nitrogen functional groups attached to an aromatic ring is 2. The number of aliphatic imine (C=N–C) groups is 2. The van der Waals surface area contributed by atoms with Crippen LogP contribution in [0, 0.1) is 0 Å². The third-order valence-electron chi connectivity index (χ3n) is 9.32. The molecule has 0 fully saturated rings. The maximum Gasteiger partial charge on any atom is 0.261 e. The van der Waals surface area contributed by atoms with Crippen LogP contribution in [0.3, 0.4) is 0 Å². The van der Waals surface area contributed by atoms with E-state index in [0.29, 0.717) is 46.9 Å². The van der Waals surface area contributed by atoms with Gasteiger partial charge in [0.2, 0.25) is 17.8 Å². The molecule has 2 aromatic carbocycles. The average Bonchev–Trinajstić information content (AvgIpc) is 3.91.